The number of hydrogen-bond donors (Lipinski definition) is 1. The Labute approximate surface area is 117 Å². The van der Waals surface area contributed by atoms with Gasteiger partial charge in [-0.1, -0.05) is 47.5 Å². The van der Waals surface area contributed by atoms with Crippen LogP contribution in [-0.4, -0.2) is 5.11 Å². The van der Waals surface area contributed by atoms with Gasteiger partial charge in [0.15, 0.2) is 0 Å². The third kappa shape index (κ3) is 3.34. The molecule has 19 heavy (non-hydrogen) atoms. The van der Waals surface area contributed by atoms with Crippen molar-refractivity contribution < 1.29 is 9.50 Å². The minimum Gasteiger partial charge on any atom is -0.385 e. The second-order valence-corrected chi connectivity index (χ2v) is 5.48. The number of halogens is 2. The lowest BCUT2D eigenvalue weighted by molar-refractivity contribution is 0.0575. The third-order valence-corrected chi connectivity index (χ3v) is 3.48. The molecule has 0 heterocycles. The van der Waals surface area contributed by atoms with Gasteiger partial charge >= 0.3 is 0 Å². The summed E-state index contributed by atoms with van der Waals surface area (Å²) in [6, 6.07) is 12.3. The normalized spacial score (nSPS) is 14.2. The molecular formula is C16H16ClFO. The highest BCUT2D eigenvalue weighted by Gasteiger charge is 2.23. The van der Waals surface area contributed by atoms with Gasteiger partial charge < -0.3 is 5.11 Å². The second kappa shape index (κ2) is 5.32. The quantitative estimate of drug-likeness (QED) is 0.890. The molecule has 0 spiro atoms. The lowest BCUT2D eigenvalue weighted by atomic mass is 9.88. The SMILES string of the molecule is Cc1cccc(C(C)(O)Cc2ccc(Cl)c(F)c2)c1. The molecule has 2 rings (SSSR count). The van der Waals surface area contributed by atoms with Gasteiger partial charge in [0.1, 0.15) is 5.82 Å². The summed E-state index contributed by atoms with van der Waals surface area (Å²) in [6.45, 7) is 3.70. The molecule has 100 valence electrons. The van der Waals surface area contributed by atoms with E-state index in [0.29, 0.717) is 12.0 Å². The van der Waals surface area contributed by atoms with Crippen molar-refractivity contribution in [1.29, 1.82) is 0 Å². The largest absolute Gasteiger partial charge is 0.385 e. The van der Waals surface area contributed by atoms with Gasteiger partial charge in [-0.05, 0) is 37.1 Å². The molecule has 0 aliphatic rings. The van der Waals surface area contributed by atoms with E-state index in [2.05, 4.69) is 0 Å². The van der Waals surface area contributed by atoms with Crippen molar-refractivity contribution >= 4 is 11.6 Å². The Balaban J connectivity index is 2.27. The van der Waals surface area contributed by atoms with Gasteiger partial charge in [0.2, 0.25) is 0 Å². The van der Waals surface area contributed by atoms with E-state index in [-0.39, 0.29) is 5.02 Å². The molecule has 0 saturated carbocycles. The van der Waals surface area contributed by atoms with Crippen molar-refractivity contribution in [1.82, 2.24) is 0 Å². The van der Waals surface area contributed by atoms with Crippen LogP contribution in [0.25, 0.3) is 0 Å². The van der Waals surface area contributed by atoms with Crippen LogP contribution in [-0.2, 0) is 12.0 Å². The summed E-state index contributed by atoms with van der Waals surface area (Å²) in [6.07, 6.45) is 0.338. The fourth-order valence-electron chi connectivity index (χ4n) is 2.13. The number of rotatable bonds is 3. The molecule has 3 heteroatoms. The van der Waals surface area contributed by atoms with Gasteiger partial charge in [0, 0.05) is 6.42 Å². The molecule has 0 bridgehead atoms. The molecule has 0 amide bonds. The Morgan fingerprint density at radius 3 is 2.58 bits per heavy atom. The van der Waals surface area contributed by atoms with Crippen LogP contribution in [0, 0.1) is 12.7 Å². The molecule has 1 nitrogen and oxygen atoms in total. The highest BCUT2D eigenvalue weighted by Crippen LogP contribution is 2.27. The van der Waals surface area contributed by atoms with Crippen LogP contribution in [0.2, 0.25) is 5.02 Å². The summed E-state index contributed by atoms with van der Waals surface area (Å²) in [5, 5.41) is 10.7. The van der Waals surface area contributed by atoms with Gasteiger partial charge in [-0.25, -0.2) is 4.39 Å². The van der Waals surface area contributed by atoms with E-state index in [1.54, 1.807) is 13.0 Å². The van der Waals surface area contributed by atoms with Gasteiger partial charge in [-0.3, -0.25) is 0 Å². The minimum absolute atomic E-state index is 0.0962. The predicted molar refractivity (Wildman–Crippen MR) is 75.9 cm³/mol. The van der Waals surface area contributed by atoms with Gasteiger partial charge in [-0.15, -0.1) is 0 Å². The monoisotopic (exact) mass is 278 g/mol. The maximum absolute atomic E-state index is 13.4. The fourth-order valence-corrected chi connectivity index (χ4v) is 2.25. The molecule has 0 radical (unpaired) electrons. The van der Waals surface area contributed by atoms with Crippen LogP contribution >= 0.6 is 11.6 Å². The Kier molecular flexibility index (Phi) is 3.93. The lowest BCUT2D eigenvalue weighted by Gasteiger charge is -2.24. The Hall–Kier alpha value is -1.38. The molecule has 1 unspecified atom stereocenters. The molecule has 1 atom stereocenters. The fraction of sp³-hybridized carbons (Fsp3) is 0.250. The van der Waals surface area contributed by atoms with Crippen molar-refractivity contribution in [2.45, 2.75) is 25.9 Å². The third-order valence-electron chi connectivity index (χ3n) is 3.17. The molecule has 2 aromatic rings. The summed E-state index contributed by atoms with van der Waals surface area (Å²) >= 11 is 5.65. The maximum Gasteiger partial charge on any atom is 0.142 e. The first kappa shape index (κ1) is 14.0. The van der Waals surface area contributed by atoms with E-state index in [9.17, 15) is 9.50 Å². The molecule has 1 N–H and O–H groups in total. The molecule has 0 aromatic heterocycles. The average Bonchev–Trinajstić information content (AvgIpc) is 2.33. The molecular weight excluding hydrogens is 263 g/mol. The number of hydrogen-bond acceptors (Lipinski definition) is 1. The standard InChI is InChI=1S/C16H16ClFO/c1-11-4-3-5-13(8-11)16(2,19)10-12-6-7-14(17)15(18)9-12/h3-9,19H,10H2,1-2H3. The van der Waals surface area contributed by atoms with Gasteiger partial charge in [-0.2, -0.15) is 0 Å². The summed E-state index contributed by atoms with van der Waals surface area (Å²) in [5.74, 6) is -0.459. The molecule has 0 saturated heterocycles. The Morgan fingerprint density at radius 1 is 1.21 bits per heavy atom. The second-order valence-electron chi connectivity index (χ2n) is 5.07. The smallest absolute Gasteiger partial charge is 0.142 e. The van der Waals surface area contributed by atoms with Crippen molar-refractivity contribution in [3.63, 3.8) is 0 Å². The first-order valence-corrected chi connectivity index (χ1v) is 6.50. The number of aryl methyl sites for hydroxylation is 1. The van der Waals surface area contributed by atoms with E-state index in [4.69, 9.17) is 11.6 Å². The first-order chi connectivity index (χ1) is 8.88. The van der Waals surface area contributed by atoms with Crippen molar-refractivity contribution in [2.75, 3.05) is 0 Å². The van der Waals surface area contributed by atoms with E-state index in [1.807, 2.05) is 31.2 Å². The average molecular weight is 279 g/mol. The zero-order chi connectivity index (χ0) is 14.0. The summed E-state index contributed by atoms with van der Waals surface area (Å²) < 4.78 is 13.4. The van der Waals surface area contributed by atoms with Crippen molar-refractivity contribution in [3.8, 4) is 0 Å². The highest BCUT2D eigenvalue weighted by molar-refractivity contribution is 6.30. The molecule has 0 aliphatic carbocycles. The predicted octanol–water partition coefficient (Wildman–Crippen LogP) is 4.24. The van der Waals surface area contributed by atoms with Gasteiger partial charge in [0.25, 0.3) is 0 Å². The van der Waals surface area contributed by atoms with E-state index in [1.165, 1.54) is 12.1 Å². The minimum atomic E-state index is -1.04. The van der Waals surface area contributed by atoms with E-state index < -0.39 is 11.4 Å². The number of benzene rings is 2. The van der Waals surface area contributed by atoms with Crippen LogP contribution < -0.4 is 0 Å². The molecule has 2 aromatic carbocycles. The summed E-state index contributed by atoms with van der Waals surface area (Å²) in [4.78, 5) is 0. The molecule has 0 fully saturated rings. The Morgan fingerprint density at radius 2 is 1.95 bits per heavy atom. The van der Waals surface area contributed by atoms with Crippen LogP contribution in [0.1, 0.15) is 23.6 Å². The van der Waals surface area contributed by atoms with Crippen molar-refractivity contribution in [2.24, 2.45) is 0 Å². The zero-order valence-electron chi connectivity index (χ0n) is 11.0. The topological polar surface area (TPSA) is 20.2 Å². The summed E-state index contributed by atoms with van der Waals surface area (Å²) in [5.41, 5.74) is 1.59. The van der Waals surface area contributed by atoms with Crippen LogP contribution in [0.15, 0.2) is 42.5 Å². The van der Waals surface area contributed by atoms with Crippen LogP contribution in [0.5, 0.6) is 0 Å². The zero-order valence-corrected chi connectivity index (χ0v) is 11.7. The van der Waals surface area contributed by atoms with E-state index >= 15 is 0 Å². The lowest BCUT2D eigenvalue weighted by Crippen LogP contribution is -2.24. The van der Waals surface area contributed by atoms with Crippen molar-refractivity contribution in [3.05, 3.63) is 70.0 Å². The number of aliphatic hydroxyl groups is 1. The maximum atomic E-state index is 13.4. The van der Waals surface area contributed by atoms with Crippen LogP contribution in [0.4, 0.5) is 4.39 Å². The van der Waals surface area contributed by atoms with E-state index in [0.717, 1.165) is 11.1 Å². The molecule has 0 aliphatic heterocycles. The Bertz CT molecular complexity index is 593. The van der Waals surface area contributed by atoms with Crippen LogP contribution in [0.3, 0.4) is 0 Å². The van der Waals surface area contributed by atoms with Gasteiger partial charge in [0.05, 0.1) is 10.6 Å². The summed E-state index contributed by atoms with van der Waals surface area (Å²) in [7, 11) is 0. The highest BCUT2D eigenvalue weighted by atomic mass is 35.5. The first-order valence-electron chi connectivity index (χ1n) is 6.12.